The summed E-state index contributed by atoms with van der Waals surface area (Å²) in [5.41, 5.74) is -0.311. The van der Waals surface area contributed by atoms with E-state index in [4.69, 9.17) is 0 Å². The summed E-state index contributed by atoms with van der Waals surface area (Å²) < 4.78 is 40.4. The number of amides is 2. The second-order valence-electron chi connectivity index (χ2n) is 7.36. The predicted molar refractivity (Wildman–Crippen MR) is 118 cm³/mol. The van der Waals surface area contributed by atoms with Gasteiger partial charge in [0.25, 0.3) is 0 Å². The fourth-order valence-corrected chi connectivity index (χ4v) is 6.90. The number of fused-ring (bicyclic) bond motifs is 2. The highest BCUT2D eigenvalue weighted by molar-refractivity contribution is 9.10. The Balaban J connectivity index is 1.62. The first-order chi connectivity index (χ1) is 15.1. The lowest BCUT2D eigenvalue weighted by molar-refractivity contribution is -0.137. The van der Waals surface area contributed by atoms with Crippen LogP contribution < -0.4 is 9.77 Å². The Morgan fingerprint density at radius 1 is 1.00 bits per heavy atom. The van der Waals surface area contributed by atoms with Gasteiger partial charge in [0.2, 0.25) is 11.8 Å². The van der Waals surface area contributed by atoms with Crippen molar-refractivity contribution in [1.82, 2.24) is 4.98 Å². The van der Waals surface area contributed by atoms with E-state index in [9.17, 15) is 27.6 Å². The van der Waals surface area contributed by atoms with E-state index >= 15 is 0 Å². The third kappa shape index (κ3) is 3.43. The van der Waals surface area contributed by atoms with Crippen molar-refractivity contribution in [3.05, 3.63) is 78.7 Å². The Hall–Kier alpha value is -2.37. The molecule has 0 radical (unpaired) electrons. The smallest absolute Gasteiger partial charge is 0.307 e. The molecule has 1 fully saturated rings. The van der Waals surface area contributed by atoms with Crippen molar-refractivity contribution in [2.24, 2.45) is 5.92 Å². The predicted octanol–water partition coefficient (Wildman–Crippen LogP) is 5.01. The van der Waals surface area contributed by atoms with Crippen LogP contribution in [0.3, 0.4) is 0 Å². The topological polar surface area (TPSA) is 70.2 Å². The molecule has 1 aromatic heterocycles. The van der Waals surface area contributed by atoms with Crippen LogP contribution in [0.5, 0.6) is 0 Å². The first-order valence-electron chi connectivity index (χ1n) is 9.35. The summed E-state index contributed by atoms with van der Waals surface area (Å²) in [7, 11) is 0. The largest absolute Gasteiger partial charge is 0.416 e. The van der Waals surface area contributed by atoms with Gasteiger partial charge in [-0.25, -0.2) is 4.90 Å². The number of thioether (sulfide) groups is 1. The molecular formula is C21H12BrF3N2O3S2. The number of carbonyl (C=O) groups excluding carboxylic acids is 2. The summed E-state index contributed by atoms with van der Waals surface area (Å²) >= 11 is 5.43. The molecule has 5 rings (SSSR count). The fraction of sp³-hybridized carbons (Fsp3) is 0.190. The molecule has 1 saturated heterocycles. The standard InChI is InChI=1S/C21H12BrF3N2O3S2/c22-11-6-4-9(5-7-11)13-14-16(31-17-15(13)32-20(30)26-17)19(29)27(18(14)28)12-3-1-2-10(8-12)21(23,24)25/h1-8,13-14,16H,(H,26,30)/t13-,14?,16?/m1/s1. The van der Waals surface area contributed by atoms with E-state index < -0.39 is 40.6 Å². The minimum absolute atomic E-state index is 0.115. The number of aromatic nitrogens is 1. The van der Waals surface area contributed by atoms with Gasteiger partial charge < -0.3 is 4.98 Å². The normalized spacial score (nSPS) is 22.8. The number of halogens is 4. The van der Waals surface area contributed by atoms with E-state index in [0.29, 0.717) is 9.90 Å². The number of imide groups is 1. The van der Waals surface area contributed by atoms with Crippen molar-refractivity contribution in [2.75, 3.05) is 4.90 Å². The summed E-state index contributed by atoms with van der Waals surface area (Å²) in [6, 6.07) is 11.4. The van der Waals surface area contributed by atoms with Crippen LogP contribution in [0, 0.1) is 5.92 Å². The molecule has 0 aliphatic carbocycles. The van der Waals surface area contributed by atoms with Crippen molar-refractivity contribution < 1.29 is 22.8 Å². The van der Waals surface area contributed by atoms with E-state index in [1.165, 1.54) is 12.1 Å². The lowest BCUT2D eigenvalue weighted by atomic mass is 9.83. The first-order valence-corrected chi connectivity index (χ1v) is 11.8. The number of aromatic amines is 1. The second-order valence-corrected chi connectivity index (χ2v) is 10.4. The van der Waals surface area contributed by atoms with E-state index in [0.717, 1.165) is 50.2 Å². The van der Waals surface area contributed by atoms with E-state index in [2.05, 4.69) is 20.9 Å². The molecule has 2 aromatic carbocycles. The average Bonchev–Trinajstić information content (AvgIpc) is 3.23. The van der Waals surface area contributed by atoms with Crippen LogP contribution in [0.15, 0.2) is 62.8 Å². The molecule has 0 saturated carbocycles. The fourth-order valence-electron chi connectivity index (χ4n) is 4.12. The Labute approximate surface area is 195 Å². The van der Waals surface area contributed by atoms with Gasteiger partial charge in [-0.3, -0.25) is 14.4 Å². The van der Waals surface area contributed by atoms with Crippen molar-refractivity contribution >= 4 is 56.5 Å². The molecule has 3 atom stereocenters. The third-order valence-corrected chi connectivity index (χ3v) is 8.41. The Bertz CT molecular complexity index is 1300. The molecule has 1 N–H and O–H groups in total. The lowest BCUT2D eigenvalue weighted by Gasteiger charge is -2.29. The van der Waals surface area contributed by atoms with Crippen LogP contribution in [0.1, 0.15) is 21.9 Å². The molecule has 2 amide bonds. The number of hydrogen-bond acceptors (Lipinski definition) is 5. The molecule has 3 heterocycles. The molecule has 32 heavy (non-hydrogen) atoms. The van der Waals surface area contributed by atoms with E-state index in [1.54, 1.807) is 24.3 Å². The third-order valence-electron chi connectivity index (χ3n) is 5.48. The zero-order chi connectivity index (χ0) is 22.8. The number of hydrogen-bond donors (Lipinski definition) is 1. The SMILES string of the molecule is O=C1C2Sc3[nH]c(=O)sc3[C@H](c3ccc(Br)cc3)C2C(=O)N1c1cccc(C(F)(F)F)c1. The zero-order valence-electron chi connectivity index (χ0n) is 15.9. The Kier molecular flexibility index (Phi) is 5.10. The number of thiazole rings is 1. The number of alkyl halides is 3. The number of anilines is 1. The number of rotatable bonds is 2. The first kappa shape index (κ1) is 21.5. The van der Waals surface area contributed by atoms with Crippen molar-refractivity contribution in [3.8, 4) is 0 Å². The highest BCUT2D eigenvalue weighted by Gasteiger charge is 2.56. The number of H-pyrrole nitrogens is 1. The Morgan fingerprint density at radius 2 is 1.72 bits per heavy atom. The Morgan fingerprint density at radius 3 is 2.41 bits per heavy atom. The molecule has 0 spiro atoms. The number of benzene rings is 2. The van der Waals surface area contributed by atoms with Crippen LogP contribution in [-0.4, -0.2) is 22.0 Å². The molecule has 164 valence electrons. The molecule has 5 nitrogen and oxygen atoms in total. The van der Waals surface area contributed by atoms with Crippen molar-refractivity contribution in [3.63, 3.8) is 0 Å². The quantitative estimate of drug-likeness (QED) is 0.463. The molecule has 2 aliphatic rings. The van der Waals surface area contributed by atoms with Crippen LogP contribution in [0.25, 0.3) is 0 Å². The molecule has 2 aliphatic heterocycles. The summed E-state index contributed by atoms with van der Waals surface area (Å²) in [5.74, 6) is -2.59. The summed E-state index contributed by atoms with van der Waals surface area (Å²) in [6.45, 7) is 0. The summed E-state index contributed by atoms with van der Waals surface area (Å²) in [6.07, 6.45) is -4.60. The minimum Gasteiger partial charge on any atom is -0.307 e. The van der Waals surface area contributed by atoms with Crippen LogP contribution in [-0.2, 0) is 15.8 Å². The van der Waals surface area contributed by atoms with Gasteiger partial charge >= 0.3 is 11.0 Å². The number of carbonyl (C=O) groups is 2. The van der Waals surface area contributed by atoms with Gasteiger partial charge in [-0.2, -0.15) is 13.2 Å². The molecule has 11 heteroatoms. The summed E-state index contributed by atoms with van der Waals surface area (Å²) in [5, 5.41) is -0.343. The summed E-state index contributed by atoms with van der Waals surface area (Å²) in [4.78, 5) is 42.7. The second kappa shape index (κ2) is 7.60. The van der Waals surface area contributed by atoms with Crippen LogP contribution >= 0.6 is 39.0 Å². The van der Waals surface area contributed by atoms with Crippen LogP contribution in [0.2, 0.25) is 0 Å². The monoisotopic (exact) mass is 540 g/mol. The van der Waals surface area contributed by atoms with Crippen LogP contribution in [0.4, 0.5) is 18.9 Å². The average molecular weight is 541 g/mol. The van der Waals surface area contributed by atoms with E-state index in [1.807, 2.05) is 0 Å². The molecular weight excluding hydrogens is 529 g/mol. The maximum atomic E-state index is 13.5. The van der Waals surface area contributed by atoms with Gasteiger partial charge in [0.1, 0.15) is 5.25 Å². The maximum absolute atomic E-state index is 13.5. The van der Waals surface area contributed by atoms with E-state index in [-0.39, 0.29) is 10.6 Å². The maximum Gasteiger partial charge on any atom is 0.416 e. The van der Waals surface area contributed by atoms with Gasteiger partial charge in [0.15, 0.2) is 0 Å². The van der Waals surface area contributed by atoms with Gasteiger partial charge in [0.05, 0.1) is 22.2 Å². The molecule has 0 bridgehead atoms. The van der Waals surface area contributed by atoms with Gasteiger partial charge in [-0.05, 0) is 35.9 Å². The highest BCUT2D eigenvalue weighted by atomic mass is 79.9. The van der Waals surface area contributed by atoms with Crippen molar-refractivity contribution in [1.29, 1.82) is 0 Å². The van der Waals surface area contributed by atoms with Crippen molar-refractivity contribution in [2.45, 2.75) is 22.4 Å². The number of nitrogens with one attached hydrogen (secondary N) is 1. The van der Waals surface area contributed by atoms with Gasteiger partial charge in [0, 0.05) is 15.3 Å². The number of nitrogens with zero attached hydrogens (tertiary/aromatic N) is 1. The molecule has 3 aromatic rings. The minimum atomic E-state index is -4.60. The van der Waals surface area contributed by atoms with Gasteiger partial charge in [-0.15, -0.1) is 0 Å². The lowest BCUT2D eigenvalue weighted by Crippen LogP contribution is -2.32. The highest BCUT2D eigenvalue weighted by Crippen LogP contribution is 2.53. The van der Waals surface area contributed by atoms with Gasteiger partial charge in [-0.1, -0.05) is 57.2 Å². The molecule has 2 unspecified atom stereocenters. The zero-order valence-corrected chi connectivity index (χ0v) is 19.1.